The van der Waals surface area contributed by atoms with Gasteiger partial charge >= 0.3 is 0 Å². The molecule has 2 heterocycles. The van der Waals surface area contributed by atoms with E-state index in [2.05, 4.69) is 9.38 Å². The van der Waals surface area contributed by atoms with Gasteiger partial charge in [-0.2, -0.15) is 0 Å². The van der Waals surface area contributed by atoms with E-state index < -0.39 is 0 Å². The molecule has 4 heteroatoms. The molecule has 0 bridgehead atoms. The average Bonchev–Trinajstić information content (AvgIpc) is 2.56. The molecule has 0 aromatic carbocycles. The summed E-state index contributed by atoms with van der Waals surface area (Å²) in [6.07, 6.45) is 4.02. The molecule has 2 aromatic heterocycles. The molecule has 13 heavy (non-hydrogen) atoms. The topological polar surface area (TPSA) is 17.3 Å². The molecular weight excluding hydrogens is 204 g/mol. The number of imidazole rings is 1. The summed E-state index contributed by atoms with van der Waals surface area (Å²) >= 11 is 7.42. The fourth-order valence-electron chi connectivity index (χ4n) is 1.31. The van der Waals surface area contributed by atoms with Crippen LogP contribution < -0.4 is 0 Å². The maximum absolute atomic E-state index is 5.79. The summed E-state index contributed by atoms with van der Waals surface area (Å²) in [4.78, 5) is 4.42. The number of nitrogens with zero attached hydrogens (tertiary/aromatic N) is 2. The second-order valence-electron chi connectivity index (χ2n) is 2.63. The lowest BCUT2D eigenvalue weighted by Crippen LogP contribution is -1.83. The molecule has 0 fully saturated rings. The van der Waals surface area contributed by atoms with Gasteiger partial charge < -0.3 is 0 Å². The molecule has 2 rings (SSSR count). The van der Waals surface area contributed by atoms with Crippen LogP contribution in [0.25, 0.3) is 5.52 Å². The Morgan fingerprint density at radius 3 is 3.08 bits per heavy atom. The highest BCUT2D eigenvalue weighted by molar-refractivity contribution is 7.98. The summed E-state index contributed by atoms with van der Waals surface area (Å²) in [6.45, 7) is 0. The number of rotatable bonds is 2. The third kappa shape index (κ3) is 1.42. The molecule has 0 unspecified atom stereocenters. The molecule has 68 valence electrons. The second-order valence-corrected chi connectivity index (χ2v) is 3.68. The van der Waals surface area contributed by atoms with Crippen LogP contribution in [-0.2, 0) is 5.88 Å². The van der Waals surface area contributed by atoms with Crippen molar-refractivity contribution in [1.29, 1.82) is 0 Å². The van der Waals surface area contributed by atoms with Crippen LogP contribution in [0.5, 0.6) is 0 Å². The van der Waals surface area contributed by atoms with Gasteiger partial charge in [0.15, 0.2) is 5.16 Å². The van der Waals surface area contributed by atoms with E-state index in [0.717, 1.165) is 16.4 Å². The Labute approximate surface area is 85.9 Å². The quantitative estimate of drug-likeness (QED) is 0.563. The number of hydrogen-bond donors (Lipinski definition) is 0. The van der Waals surface area contributed by atoms with E-state index in [1.165, 1.54) is 0 Å². The van der Waals surface area contributed by atoms with Crippen molar-refractivity contribution in [3.8, 4) is 0 Å². The van der Waals surface area contributed by atoms with Gasteiger partial charge in [0.05, 0.1) is 17.1 Å². The Morgan fingerprint density at radius 2 is 2.38 bits per heavy atom. The molecule has 0 aliphatic heterocycles. The Kier molecular flexibility index (Phi) is 2.47. The van der Waals surface area contributed by atoms with Gasteiger partial charge in [-0.25, -0.2) is 4.98 Å². The minimum Gasteiger partial charge on any atom is -0.295 e. The van der Waals surface area contributed by atoms with Crippen molar-refractivity contribution < 1.29 is 0 Å². The van der Waals surface area contributed by atoms with Gasteiger partial charge in [0.2, 0.25) is 0 Å². The van der Waals surface area contributed by atoms with Gasteiger partial charge in [-0.3, -0.25) is 4.40 Å². The zero-order chi connectivity index (χ0) is 9.26. The Hall–Kier alpha value is -0.670. The van der Waals surface area contributed by atoms with Gasteiger partial charge in [0, 0.05) is 6.20 Å². The normalized spacial score (nSPS) is 10.9. The van der Waals surface area contributed by atoms with Crippen molar-refractivity contribution in [2.75, 3.05) is 6.26 Å². The third-order valence-corrected chi connectivity index (χ3v) is 2.81. The SMILES string of the molecule is CSc1nc(CCl)c2ccccn12. The van der Waals surface area contributed by atoms with Crippen molar-refractivity contribution in [3.05, 3.63) is 30.1 Å². The number of alkyl halides is 1. The van der Waals surface area contributed by atoms with Crippen molar-refractivity contribution in [2.24, 2.45) is 0 Å². The molecule has 0 N–H and O–H groups in total. The van der Waals surface area contributed by atoms with Gasteiger partial charge in [-0.15, -0.1) is 11.6 Å². The molecule has 0 aliphatic rings. The third-order valence-electron chi connectivity index (χ3n) is 1.90. The lowest BCUT2D eigenvalue weighted by Gasteiger charge is -1.95. The zero-order valence-corrected chi connectivity index (χ0v) is 8.77. The molecule has 0 saturated carbocycles. The number of aromatic nitrogens is 2. The van der Waals surface area contributed by atoms with E-state index >= 15 is 0 Å². The lowest BCUT2D eigenvalue weighted by molar-refractivity contribution is 0.952. The number of halogens is 1. The highest BCUT2D eigenvalue weighted by Crippen LogP contribution is 2.20. The number of thioether (sulfide) groups is 1. The average molecular weight is 213 g/mol. The number of fused-ring (bicyclic) bond motifs is 1. The standard InChI is InChI=1S/C9H9ClN2S/c1-13-9-11-7(6-10)8-4-2-3-5-12(8)9/h2-5H,6H2,1H3. The smallest absolute Gasteiger partial charge is 0.172 e. The first-order chi connectivity index (χ1) is 6.36. The predicted molar refractivity (Wildman–Crippen MR) is 56.5 cm³/mol. The zero-order valence-electron chi connectivity index (χ0n) is 7.20. The highest BCUT2D eigenvalue weighted by atomic mass is 35.5. The monoisotopic (exact) mass is 212 g/mol. The summed E-state index contributed by atoms with van der Waals surface area (Å²) in [5.74, 6) is 0.466. The van der Waals surface area contributed by atoms with Crippen LogP contribution >= 0.6 is 23.4 Å². The highest BCUT2D eigenvalue weighted by Gasteiger charge is 2.07. The number of hydrogen-bond acceptors (Lipinski definition) is 2. The van der Waals surface area contributed by atoms with Crippen LogP contribution in [-0.4, -0.2) is 15.6 Å². The van der Waals surface area contributed by atoms with E-state index in [0.29, 0.717) is 5.88 Å². The first kappa shape index (κ1) is 8.91. The maximum atomic E-state index is 5.79. The first-order valence-electron chi connectivity index (χ1n) is 3.92. The van der Waals surface area contributed by atoms with Crippen LogP contribution in [0.4, 0.5) is 0 Å². The molecule has 0 radical (unpaired) electrons. The van der Waals surface area contributed by atoms with E-state index in [1.54, 1.807) is 11.8 Å². The van der Waals surface area contributed by atoms with Crippen LogP contribution in [0.1, 0.15) is 5.69 Å². The Bertz CT molecular complexity index is 386. The fraction of sp³-hybridized carbons (Fsp3) is 0.222. The van der Waals surface area contributed by atoms with Gasteiger partial charge in [-0.05, 0) is 18.4 Å². The minimum absolute atomic E-state index is 0.466. The Morgan fingerprint density at radius 1 is 1.54 bits per heavy atom. The minimum atomic E-state index is 0.466. The predicted octanol–water partition coefficient (Wildman–Crippen LogP) is 2.80. The van der Waals surface area contributed by atoms with Crippen molar-refractivity contribution >= 4 is 28.9 Å². The summed E-state index contributed by atoms with van der Waals surface area (Å²) in [5.41, 5.74) is 2.05. The summed E-state index contributed by atoms with van der Waals surface area (Å²) < 4.78 is 2.06. The number of pyridine rings is 1. The van der Waals surface area contributed by atoms with Crippen LogP contribution in [0.2, 0.25) is 0 Å². The molecule has 0 amide bonds. The van der Waals surface area contributed by atoms with Gasteiger partial charge in [-0.1, -0.05) is 17.8 Å². The molecule has 0 spiro atoms. The summed E-state index contributed by atoms with van der Waals surface area (Å²) in [7, 11) is 0. The molecule has 2 nitrogen and oxygen atoms in total. The van der Waals surface area contributed by atoms with Crippen molar-refractivity contribution in [1.82, 2.24) is 9.38 Å². The first-order valence-corrected chi connectivity index (χ1v) is 5.68. The van der Waals surface area contributed by atoms with E-state index in [1.807, 2.05) is 30.7 Å². The fourth-order valence-corrected chi connectivity index (χ4v) is 2.07. The van der Waals surface area contributed by atoms with Crippen LogP contribution in [0.3, 0.4) is 0 Å². The molecular formula is C9H9ClN2S. The molecule has 0 atom stereocenters. The van der Waals surface area contributed by atoms with E-state index in [4.69, 9.17) is 11.6 Å². The second kappa shape index (κ2) is 3.60. The lowest BCUT2D eigenvalue weighted by atomic mass is 10.3. The molecule has 0 aliphatic carbocycles. The summed E-state index contributed by atoms with van der Waals surface area (Å²) in [6, 6.07) is 6.02. The molecule has 2 aromatic rings. The van der Waals surface area contributed by atoms with Crippen LogP contribution in [0, 0.1) is 0 Å². The van der Waals surface area contributed by atoms with E-state index in [-0.39, 0.29) is 0 Å². The largest absolute Gasteiger partial charge is 0.295 e. The van der Waals surface area contributed by atoms with Crippen LogP contribution in [0.15, 0.2) is 29.6 Å². The van der Waals surface area contributed by atoms with Gasteiger partial charge in [0.1, 0.15) is 0 Å². The van der Waals surface area contributed by atoms with E-state index in [9.17, 15) is 0 Å². The Balaban J connectivity index is 2.74. The van der Waals surface area contributed by atoms with Crippen molar-refractivity contribution in [3.63, 3.8) is 0 Å². The molecule has 0 saturated heterocycles. The van der Waals surface area contributed by atoms with Crippen molar-refractivity contribution in [2.45, 2.75) is 11.0 Å². The summed E-state index contributed by atoms with van der Waals surface area (Å²) in [5, 5.41) is 0.992. The maximum Gasteiger partial charge on any atom is 0.172 e. The van der Waals surface area contributed by atoms with Gasteiger partial charge in [0.25, 0.3) is 0 Å².